The Morgan fingerprint density at radius 3 is 2.29 bits per heavy atom. The van der Waals surface area contributed by atoms with Crippen LogP contribution in [0, 0.1) is 15.9 Å². The van der Waals surface area contributed by atoms with Crippen LogP contribution in [0.5, 0.6) is 0 Å². The molecule has 0 fully saturated rings. The molecule has 0 radical (unpaired) electrons. The number of carbonyl (C=O) groups is 2. The Morgan fingerprint density at radius 2 is 1.86 bits per heavy atom. The lowest BCUT2D eigenvalue weighted by Gasteiger charge is -2.13. The molecule has 0 spiro atoms. The molecule has 9 heteroatoms. The van der Waals surface area contributed by atoms with E-state index in [1.807, 2.05) is 0 Å². The molecule has 0 aliphatic rings. The first-order valence-electron chi connectivity index (χ1n) is 6.05. The summed E-state index contributed by atoms with van der Waals surface area (Å²) in [4.78, 5) is 37.2. The molecule has 0 aliphatic heterocycles. The van der Waals surface area contributed by atoms with E-state index in [-0.39, 0.29) is 13.2 Å². The summed E-state index contributed by atoms with van der Waals surface area (Å²) in [6.07, 6.45) is 0.674. The van der Waals surface area contributed by atoms with Crippen molar-refractivity contribution in [2.45, 2.75) is 19.8 Å². The monoisotopic (exact) mass is 300 g/mol. The second-order valence-corrected chi connectivity index (χ2v) is 3.75. The van der Waals surface area contributed by atoms with Gasteiger partial charge in [-0.2, -0.15) is 0 Å². The Hall–Kier alpha value is -2.58. The number of hydrogen-bond acceptors (Lipinski definition) is 7. The van der Waals surface area contributed by atoms with Crippen LogP contribution in [-0.2, 0) is 19.1 Å². The first kappa shape index (κ1) is 16.5. The number of nitrogens with zero attached hydrogens (tertiary/aromatic N) is 2. The Morgan fingerprint density at radius 1 is 1.33 bits per heavy atom. The van der Waals surface area contributed by atoms with Gasteiger partial charge in [0.25, 0.3) is 5.69 Å². The molecule has 0 amide bonds. The first-order valence-corrected chi connectivity index (χ1v) is 6.05. The lowest BCUT2D eigenvalue weighted by molar-refractivity contribution is -0.386. The van der Waals surface area contributed by atoms with Crippen molar-refractivity contribution in [1.82, 2.24) is 4.98 Å². The molecule has 1 rings (SSSR count). The van der Waals surface area contributed by atoms with Gasteiger partial charge in [0.1, 0.15) is 11.5 Å². The van der Waals surface area contributed by atoms with Crippen LogP contribution < -0.4 is 0 Å². The number of ether oxygens (including phenoxy) is 2. The molecule has 0 saturated carbocycles. The molecule has 0 aliphatic carbocycles. The summed E-state index contributed by atoms with van der Waals surface area (Å²) < 4.78 is 22.5. The lowest BCUT2D eigenvalue weighted by Crippen LogP contribution is -2.27. The standard InChI is InChI=1S/C12H13FN2O6/c1-3-20-11(16)9(12(17)21-4-2)10-8(15(18)19)5-7(13)6-14-10/h5-6,9H,3-4H2,1-2H3. The van der Waals surface area contributed by atoms with Gasteiger partial charge in [0.15, 0.2) is 0 Å². The second-order valence-electron chi connectivity index (χ2n) is 3.75. The largest absolute Gasteiger partial charge is 0.465 e. The number of aromatic nitrogens is 1. The summed E-state index contributed by atoms with van der Waals surface area (Å²) in [5.74, 6) is -4.78. The fraction of sp³-hybridized carbons (Fsp3) is 0.417. The van der Waals surface area contributed by atoms with Crippen LogP contribution in [0.1, 0.15) is 25.5 Å². The molecule has 1 aromatic rings. The molecule has 0 aromatic carbocycles. The van der Waals surface area contributed by atoms with Gasteiger partial charge in [-0.1, -0.05) is 0 Å². The topological polar surface area (TPSA) is 109 Å². The number of carbonyl (C=O) groups excluding carboxylic acids is 2. The van der Waals surface area contributed by atoms with E-state index in [1.165, 1.54) is 13.8 Å². The molecule has 8 nitrogen and oxygen atoms in total. The fourth-order valence-corrected chi connectivity index (χ4v) is 1.58. The average molecular weight is 300 g/mol. The normalized spacial score (nSPS) is 10.3. The average Bonchev–Trinajstić information content (AvgIpc) is 2.41. The molecule has 21 heavy (non-hydrogen) atoms. The van der Waals surface area contributed by atoms with Gasteiger partial charge in [0.2, 0.25) is 5.92 Å². The molecule has 1 heterocycles. The van der Waals surface area contributed by atoms with E-state index >= 15 is 0 Å². The van der Waals surface area contributed by atoms with Crippen LogP contribution in [0.2, 0.25) is 0 Å². The third kappa shape index (κ3) is 3.94. The number of esters is 2. The number of halogens is 1. The third-order valence-electron chi connectivity index (χ3n) is 2.38. The zero-order chi connectivity index (χ0) is 16.0. The van der Waals surface area contributed by atoms with Gasteiger partial charge < -0.3 is 9.47 Å². The summed E-state index contributed by atoms with van der Waals surface area (Å²) in [6.45, 7) is 2.94. The molecule has 0 bridgehead atoms. The van der Waals surface area contributed by atoms with Crippen molar-refractivity contribution in [1.29, 1.82) is 0 Å². The van der Waals surface area contributed by atoms with Gasteiger partial charge in [-0.3, -0.25) is 19.7 Å². The van der Waals surface area contributed by atoms with Gasteiger partial charge in [-0.25, -0.2) is 9.37 Å². The van der Waals surface area contributed by atoms with Crippen molar-refractivity contribution in [3.05, 3.63) is 33.9 Å². The molecular weight excluding hydrogens is 287 g/mol. The Labute approximate surface area is 119 Å². The molecule has 0 unspecified atom stereocenters. The minimum Gasteiger partial charge on any atom is -0.465 e. The second kappa shape index (κ2) is 7.27. The van der Waals surface area contributed by atoms with Crippen LogP contribution in [0.3, 0.4) is 0 Å². The lowest BCUT2D eigenvalue weighted by atomic mass is 10.0. The number of pyridine rings is 1. The van der Waals surface area contributed by atoms with Crippen molar-refractivity contribution < 1.29 is 28.4 Å². The maximum absolute atomic E-state index is 13.1. The molecular formula is C12H13FN2O6. The van der Waals surface area contributed by atoms with Crippen LogP contribution in [0.4, 0.5) is 10.1 Å². The Kier molecular flexibility index (Phi) is 5.70. The van der Waals surface area contributed by atoms with E-state index in [0.717, 1.165) is 0 Å². The van der Waals surface area contributed by atoms with Gasteiger partial charge in [0, 0.05) is 0 Å². The summed E-state index contributed by atoms with van der Waals surface area (Å²) in [6, 6.07) is 0.577. The van der Waals surface area contributed by atoms with E-state index < -0.39 is 40.0 Å². The van der Waals surface area contributed by atoms with Crippen LogP contribution in [0.15, 0.2) is 12.3 Å². The predicted molar refractivity (Wildman–Crippen MR) is 66.9 cm³/mol. The third-order valence-corrected chi connectivity index (χ3v) is 2.38. The van der Waals surface area contributed by atoms with E-state index in [9.17, 15) is 24.1 Å². The zero-order valence-corrected chi connectivity index (χ0v) is 11.4. The minimum absolute atomic E-state index is 0.0380. The van der Waals surface area contributed by atoms with Crippen molar-refractivity contribution in [3.63, 3.8) is 0 Å². The highest BCUT2D eigenvalue weighted by Gasteiger charge is 2.38. The van der Waals surface area contributed by atoms with Crippen molar-refractivity contribution in [3.8, 4) is 0 Å². The van der Waals surface area contributed by atoms with Crippen LogP contribution in [0.25, 0.3) is 0 Å². The SMILES string of the molecule is CCOC(=O)C(C(=O)OCC)c1ncc(F)cc1[N+](=O)[O-]. The van der Waals surface area contributed by atoms with Crippen molar-refractivity contribution in [2.75, 3.05) is 13.2 Å². The minimum atomic E-state index is -1.73. The van der Waals surface area contributed by atoms with E-state index in [4.69, 9.17) is 9.47 Å². The highest BCUT2D eigenvalue weighted by atomic mass is 19.1. The summed E-state index contributed by atoms with van der Waals surface area (Å²) in [5, 5.41) is 10.9. The smallest absolute Gasteiger partial charge is 0.326 e. The fourth-order valence-electron chi connectivity index (χ4n) is 1.58. The predicted octanol–water partition coefficient (Wildman–Crippen LogP) is 1.34. The molecule has 0 atom stereocenters. The Bertz CT molecular complexity index is 545. The summed E-state index contributed by atoms with van der Waals surface area (Å²) >= 11 is 0. The van der Waals surface area contributed by atoms with Gasteiger partial charge in [-0.15, -0.1) is 0 Å². The number of hydrogen-bond donors (Lipinski definition) is 0. The maximum Gasteiger partial charge on any atom is 0.326 e. The molecule has 0 saturated heterocycles. The zero-order valence-electron chi connectivity index (χ0n) is 11.4. The number of rotatable bonds is 6. The van der Waals surface area contributed by atoms with Crippen LogP contribution >= 0.6 is 0 Å². The van der Waals surface area contributed by atoms with Crippen LogP contribution in [-0.4, -0.2) is 35.1 Å². The maximum atomic E-state index is 13.1. The molecule has 1 aromatic heterocycles. The van der Waals surface area contributed by atoms with E-state index in [1.54, 1.807) is 0 Å². The highest BCUT2D eigenvalue weighted by molar-refractivity contribution is 6.01. The molecule has 114 valence electrons. The highest BCUT2D eigenvalue weighted by Crippen LogP contribution is 2.27. The Balaban J connectivity index is 3.35. The van der Waals surface area contributed by atoms with Gasteiger partial charge >= 0.3 is 11.9 Å². The van der Waals surface area contributed by atoms with Gasteiger partial charge in [-0.05, 0) is 13.8 Å². The van der Waals surface area contributed by atoms with Gasteiger partial charge in [0.05, 0.1) is 30.4 Å². The summed E-state index contributed by atoms with van der Waals surface area (Å²) in [7, 11) is 0. The quantitative estimate of drug-likeness (QED) is 0.337. The van der Waals surface area contributed by atoms with Crippen molar-refractivity contribution >= 4 is 17.6 Å². The number of nitro groups is 1. The molecule has 0 N–H and O–H groups in total. The van der Waals surface area contributed by atoms with E-state index in [0.29, 0.717) is 12.3 Å². The summed E-state index contributed by atoms with van der Waals surface area (Å²) in [5.41, 5.74) is -1.31. The van der Waals surface area contributed by atoms with Crippen molar-refractivity contribution in [2.24, 2.45) is 0 Å². The first-order chi connectivity index (χ1) is 9.92. The van der Waals surface area contributed by atoms with E-state index in [2.05, 4.69) is 4.98 Å².